The largest absolute Gasteiger partial charge is 0.496 e. The third kappa shape index (κ3) is 2.18. The zero-order chi connectivity index (χ0) is 12.3. The quantitative estimate of drug-likeness (QED) is 0.757. The summed E-state index contributed by atoms with van der Waals surface area (Å²) in [5.74, 6) is 0.686. The van der Waals surface area contributed by atoms with E-state index in [4.69, 9.17) is 4.74 Å². The minimum absolute atomic E-state index is 0.604. The fourth-order valence-electron chi connectivity index (χ4n) is 1.75. The molecule has 1 aromatic carbocycles. The molecule has 0 saturated carbocycles. The van der Waals surface area contributed by atoms with E-state index in [-0.39, 0.29) is 0 Å². The zero-order valence-electron chi connectivity index (χ0n) is 9.81. The SMILES string of the molecule is COc1cc(C=O)ccc1-c1cnccc1C. The Morgan fingerprint density at radius 1 is 1.24 bits per heavy atom. The van der Waals surface area contributed by atoms with Crippen molar-refractivity contribution in [1.29, 1.82) is 0 Å². The van der Waals surface area contributed by atoms with Crippen LogP contribution in [0.5, 0.6) is 5.75 Å². The van der Waals surface area contributed by atoms with Crippen molar-refractivity contribution in [3.05, 3.63) is 47.8 Å². The molecule has 0 atom stereocenters. The highest BCUT2D eigenvalue weighted by Crippen LogP contribution is 2.31. The van der Waals surface area contributed by atoms with Crippen LogP contribution < -0.4 is 4.74 Å². The Hall–Kier alpha value is -2.16. The highest BCUT2D eigenvalue weighted by molar-refractivity contribution is 5.80. The highest BCUT2D eigenvalue weighted by atomic mass is 16.5. The molecule has 0 amide bonds. The van der Waals surface area contributed by atoms with E-state index < -0.39 is 0 Å². The average molecular weight is 227 g/mol. The van der Waals surface area contributed by atoms with Crippen LogP contribution in [0, 0.1) is 6.92 Å². The van der Waals surface area contributed by atoms with Crippen LogP contribution in [0.3, 0.4) is 0 Å². The van der Waals surface area contributed by atoms with Crippen molar-refractivity contribution in [1.82, 2.24) is 4.98 Å². The van der Waals surface area contributed by atoms with Crippen LogP contribution in [-0.2, 0) is 0 Å². The molecule has 86 valence electrons. The summed E-state index contributed by atoms with van der Waals surface area (Å²) in [6, 6.07) is 7.33. The fraction of sp³-hybridized carbons (Fsp3) is 0.143. The number of hydrogen-bond donors (Lipinski definition) is 0. The number of hydrogen-bond acceptors (Lipinski definition) is 3. The molecule has 0 N–H and O–H groups in total. The molecule has 0 unspecified atom stereocenters. The minimum Gasteiger partial charge on any atom is -0.496 e. The molecule has 0 radical (unpaired) electrons. The Labute approximate surface area is 100 Å². The second-order valence-electron chi connectivity index (χ2n) is 3.77. The number of ether oxygens (including phenoxy) is 1. The van der Waals surface area contributed by atoms with E-state index >= 15 is 0 Å². The maximum Gasteiger partial charge on any atom is 0.150 e. The Morgan fingerprint density at radius 2 is 2.06 bits per heavy atom. The number of benzene rings is 1. The lowest BCUT2D eigenvalue weighted by Gasteiger charge is -2.10. The second kappa shape index (κ2) is 4.78. The Morgan fingerprint density at radius 3 is 2.71 bits per heavy atom. The van der Waals surface area contributed by atoms with E-state index in [9.17, 15) is 4.79 Å². The van der Waals surface area contributed by atoms with Gasteiger partial charge in [-0.15, -0.1) is 0 Å². The predicted octanol–water partition coefficient (Wildman–Crippen LogP) is 2.88. The summed E-state index contributed by atoms with van der Waals surface area (Å²) in [6.45, 7) is 2.02. The molecule has 3 nitrogen and oxygen atoms in total. The Balaban J connectivity index is 2.59. The van der Waals surface area contributed by atoms with Crippen molar-refractivity contribution < 1.29 is 9.53 Å². The van der Waals surface area contributed by atoms with Gasteiger partial charge in [0.2, 0.25) is 0 Å². The van der Waals surface area contributed by atoms with E-state index in [1.165, 1.54) is 0 Å². The third-order valence-electron chi connectivity index (χ3n) is 2.69. The maximum atomic E-state index is 10.7. The van der Waals surface area contributed by atoms with E-state index in [0.29, 0.717) is 11.3 Å². The molecule has 1 heterocycles. The van der Waals surface area contributed by atoms with Gasteiger partial charge in [-0.3, -0.25) is 9.78 Å². The monoisotopic (exact) mass is 227 g/mol. The summed E-state index contributed by atoms with van der Waals surface area (Å²) in [5.41, 5.74) is 3.69. The smallest absolute Gasteiger partial charge is 0.150 e. The number of nitrogens with zero attached hydrogens (tertiary/aromatic N) is 1. The zero-order valence-corrected chi connectivity index (χ0v) is 9.81. The van der Waals surface area contributed by atoms with Gasteiger partial charge in [0, 0.05) is 29.1 Å². The summed E-state index contributed by atoms with van der Waals surface area (Å²) in [7, 11) is 1.60. The maximum absolute atomic E-state index is 10.7. The normalized spacial score (nSPS) is 10.0. The summed E-state index contributed by atoms with van der Waals surface area (Å²) in [4.78, 5) is 14.8. The molecule has 17 heavy (non-hydrogen) atoms. The number of aryl methyl sites for hydroxylation is 1. The molecular weight excluding hydrogens is 214 g/mol. The van der Waals surface area contributed by atoms with Crippen LogP contribution in [-0.4, -0.2) is 18.4 Å². The van der Waals surface area contributed by atoms with Gasteiger partial charge in [0.15, 0.2) is 0 Å². The number of carbonyl (C=O) groups excluding carboxylic acids is 1. The van der Waals surface area contributed by atoms with Crippen molar-refractivity contribution in [2.24, 2.45) is 0 Å². The molecule has 1 aromatic heterocycles. The van der Waals surface area contributed by atoms with Crippen molar-refractivity contribution in [3.8, 4) is 16.9 Å². The number of pyridine rings is 1. The van der Waals surface area contributed by atoms with Gasteiger partial charge in [-0.25, -0.2) is 0 Å². The van der Waals surface area contributed by atoms with Gasteiger partial charge in [0.1, 0.15) is 12.0 Å². The van der Waals surface area contributed by atoms with E-state index in [0.717, 1.165) is 23.0 Å². The summed E-state index contributed by atoms with van der Waals surface area (Å²) in [6.07, 6.45) is 4.36. The van der Waals surface area contributed by atoms with Crippen molar-refractivity contribution in [2.45, 2.75) is 6.92 Å². The number of carbonyl (C=O) groups is 1. The molecule has 2 rings (SSSR count). The van der Waals surface area contributed by atoms with Crippen molar-refractivity contribution in [3.63, 3.8) is 0 Å². The Kier molecular flexibility index (Phi) is 3.19. The summed E-state index contributed by atoms with van der Waals surface area (Å²) in [5, 5.41) is 0. The number of rotatable bonds is 3. The lowest BCUT2D eigenvalue weighted by atomic mass is 10.0. The van der Waals surface area contributed by atoms with E-state index in [2.05, 4.69) is 4.98 Å². The van der Waals surface area contributed by atoms with Crippen LogP contribution in [0.4, 0.5) is 0 Å². The predicted molar refractivity (Wildman–Crippen MR) is 66.3 cm³/mol. The molecule has 0 spiro atoms. The molecule has 0 fully saturated rings. The van der Waals surface area contributed by atoms with E-state index in [1.807, 2.05) is 19.1 Å². The van der Waals surface area contributed by atoms with Gasteiger partial charge in [-0.05, 0) is 30.7 Å². The molecule has 0 bridgehead atoms. The van der Waals surface area contributed by atoms with Crippen LogP contribution >= 0.6 is 0 Å². The molecule has 0 aliphatic rings. The first-order valence-electron chi connectivity index (χ1n) is 5.30. The standard InChI is InChI=1S/C14H13NO2/c1-10-5-6-15-8-13(10)12-4-3-11(9-16)7-14(12)17-2/h3-9H,1-2H3. The number of aldehydes is 1. The van der Waals surface area contributed by atoms with E-state index in [1.54, 1.807) is 31.6 Å². The molecule has 3 heteroatoms. The molecule has 0 aliphatic carbocycles. The van der Waals surface area contributed by atoms with Crippen molar-refractivity contribution in [2.75, 3.05) is 7.11 Å². The second-order valence-corrected chi connectivity index (χ2v) is 3.77. The van der Waals surface area contributed by atoms with Gasteiger partial charge in [0.05, 0.1) is 7.11 Å². The topological polar surface area (TPSA) is 39.2 Å². The lowest BCUT2D eigenvalue weighted by Crippen LogP contribution is -1.92. The molecular formula is C14H13NO2. The molecule has 0 saturated heterocycles. The highest BCUT2D eigenvalue weighted by Gasteiger charge is 2.09. The minimum atomic E-state index is 0.604. The summed E-state index contributed by atoms with van der Waals surface area (Å²) < 4.78 is 5.31. The van der Waals surface area contributed by atoms with Gasteiger partial charge in [0.25, 0.3) is 0 Å². The van der Waals surface area contributed by atoms with Gasteiger partial charge < -0.3 is 4.74 Å². The lowest BCUT2D eigenvalue weighted by molar-refractivity contribution is 0.112. The van der Waals surface area contributed by atoms with Gasteiger partial charge in [-0.1, -0.05) is 6.07 Å². The van der Waals surface area contributed by atoms with Gasteiger partial charge >= 0.3 is 0 Å². The first kappa shape index (κ1) is 11.3. The van der Waals surface area contributed by atoms with Crippen molar-refractivity contribution >= 4 is 6.29 Å². The van der Waals surface area contributed by atoms with Crippen LogP contribution in [0.2, 0.25) is 0 Å². The number of aromatic nitrogens is 1. The third-order valence-corrected chi connectivity index (χ3v) is 2.69. The molecule has 2 aromatic rings. The first-order chi connectivity index (χ1) is 8.26. The summed E-state index contributed by atoms with van der Waals surface area (Å²) >= 11 is 0. The first-order valence-corrected chi connectivity index (χ1v) is 5.30. The average Bonchev–Trinajstić information content (AvgIpc) is 2.38. The number of methoxy groups -OCH3 is 1. The van der Waals surface area contributed by atoms with Crippen LogP contribution in [0.25, 0.3) is 11.1 Å². The Bertz CT molecular complexity index is 550. The van der Waals surface area contributed by atoms with Crippen LogP contribution in [0.1, 0.15) is 15.9 Å². The van der Waals surface area contributed by atoms with Crippen LogP contribution in [0.15, 0.2) is 36.7 Å². The van der Waals surface area contributed by atoms with Gasteiger partial charge in [-0.2, -0.15) is 0 Å². The fourth-order valence-corrected chi connectivity index (χ4v) is 1.75. The molecule has 0 aliphatic heterocycles.